The summed E-state index contributed by atoms with van der Waals surface area (Å²) in [5, 5.41) is 5.01. The minimum Gasteiger partial charge on any atom is -0.323 e. The molecule has 2 amide bonds. The quantitative estimate of drug-likeness (QED) is 0.803. The summed E-state index contributed by atoms with van der Waals surface area (Å²) < 4.78 is 26.2. The molecule has 0 fully saturated rings. The number of anilines is 2. The Morgan fingerprint density at radius 3 is 2.17 bits per heavy atom. The van der Waals surface area contributed by atoms with Crippen LogP contribution in [0.15, 0.2) is 36.4 Å². The SMILES string of the molecule is O=C(CC(=O)Nc1c(Cl)cccc1Cl)Nc1ccc(F)cc1F. The molecule has 4 nitrogen and oxygen atoms in total. The summed E-state index contributed by atoms with van der Waals surface area (Å²) in [6, 6.07) is 7.32. The molecule has 0 aliphatic heterocycles. The monoisotopic (exact) mass is 358 g/mol. The summed E-state index contributed by atoms with van der Waals surface area (Å²) in [5.74, 6) is -3.16. The van der Waals surface area contributed by atoms with E-state index in [0.29, 0.717) is 6.07 Å². The highest BCUT2D eigenvalue weighted by Gasteiger charge is 2.15. The minimum atomic E-state index is -0.937. The molecule has 0 radical (unpaired) electrons. The zero-order valence-electron chi connectivity index (χ0n) is 11.5. The average Bonchev–Trinajstić information content (AvgIpc) is 2.46. The molecule has 0 aromatic heterocycles. The molecule has 8 heteroatoms. The first-order chi connectivity index (χ1) is 10.9. The topological polar surface area (TPSA) is 58.2 Å². The van der Waals surface area contributed by atoms with Gasteiger partial charge >= 0.3 is 0 Å². The van der Waals surface area contributed by atoms with Crippen molar-refractivity contribution in [2.75, 3.05) is 10.6 Å². The number of amides is 2. The molecule has 0 saturated heterocycles. The number of hydrogen-bond acceptors (Lipinski definition) is 2. The first-order valence-electron chi connectivity index (χ1n) is 6.35. The zero-order valence-corrected chi connectivity index (χ0v) is 13.0. The molecule has 0 aliphatic rings. The van der Waals surface area contributed by atoms with Gasteiger partial charge in [-0.05, 0) is 24.3 Å². The molecule has 2 N–H and O–H groups in total. The second-order valence-electron chi connectivity index (χ2n) is 4.49. The van der Waals surface area contributed by atoms with E-state index in [2.05, 4.69) is 10.6 Å². The number of benzene rings is 2. The van der Waals surface area contributed by atoms with Crippen LogP contribution in [0.4, 0.5) is 20.2 Å². The van der Waals surface area contributed by atoms with Crippen molar-refractivity contribution in [3.8, 4) is 0 Å². The molecule has 120 valence electrons. The van der Waals surface area contributed by atoms with E-state index in [-0.39, 0.29) is 21.4 Å². The van der Waals surface area contributed by atoms with Gasteiger partial charge in [0.2, 0.25) is 11.8 Å². The summed E-state index contributed by atoms with van der Waals surface area (Å²) in [5.41, 5.74) is -0.0402. The molecule has 2 aromatic carbocycles. The third-order valence-electron chi connectivity index (χ3n) is 2.75. The molecular formula is C15H10Cl2F2N2O2. The minimum absolute atomic E-state index is 0.182. The van der Waals surface area contributed by atoms with Gasteiger partial charge in [-0.3, -0.25) is 9.59 Å². The van der Waals surface area contributed by atoms with Crippen LogP contribution in [0.5, 0.6) is 0 Å². The fraction of sp³-hybridized carbons (Fsp3) is 0.0667. The van der Waals surface area contributed by atoms with E-state index in [1.165, 1.54) is 12.1 Å². The molecule has 0 atom stereocenters. The van der Waals surface area contributed by atoms with E-state index in [0.717, 1.165) is 12.1 Å². The van der Waals surface area contributed by atoms with Crippen LogP contribution in [0.1, 0.15) is 6.42 Å². The third kappa shape index (κ3) is 4.64. The maximum absolute atomic E-state index is 13.4. The second-order valence-corrected chi connectivity index (χ2v) is 5.31. The van der Waals surface area contributed by atoms with Crippen LogP contribution in [0.2, 0.25) is 10.0 Å². The van der Waals surface area contributed by atoms with Crippen molar-refractivity contribution in [2.45, 2.75) is 6.42 Å². The lowest BCUT2D eigenvalue weighted by atomic mass is 10.2. The van der Waals surface area contributed by atoms with Crippen LogP contribution in [0.3, 0.4) is 0 Å². The Morgan fingerprint density at radius 2 is 1.57 bits per heavy atom. The Labute approximate surface area is 140 Å². The number of carbonyl (C=O) groups is 2. The number of rotatable bonds is 4. The van der Waals surface area contributed by atoms with Crippen molar-refractivity contribution in [3.05, 3.63) is 58.1 Å². The summed E-state index contributed by atoms with van der Waals surface area (Å²) in [6.45, 7) is 0. The Balaban J connectivity index is 1.99. The van der Waals surface area contributed by atoms with Gasteiger partial charge in [-0.25, -0.2) is 8.78 Å². The first-order valence-corrected chi connectivity index (χ1v) is 7.11. The molecule has 0 aliphatic carbocycles. The number of nitrogens with one attached hydrogen (secondary N) is 2. The van der Waals surface area contributed by atoms with Crippen molar-refractivity contribution in [2.24, 2.45) is 0 Å². The van der Waals surface area contributed by atoms with Crippen molar-refractivity contribution < 1.29 is 18.4 Å². The van der Waals surface area contributed by atoms with Gasteiger partial charge in [0.05, 0.1) is 21.4 Å². The number of carbonyl (C=O) groups excluding carboxylic acids is 2. The predicted molar refractivity (Wildman–Crippen MR) is 84.7 cm³/mol. The standard InChI is InChI=1S/C15H10Cl2F2N2O2/c16-9-2-1-3-10(17)15(9)21-14(23)7-13(22)20-12-5-4-8(18)6-11(12)19/h1-6H,7H2,(H,20,22)(H,21,23). The van der Waals surface area contributed by atoms with Crippen molar-refractivity contribution in [1.29, 1.82) is 0 Å². The van der Waals surface area contributed by atoms with E-state index in [9.17, 15) is 18.4 Å². The molecule has 0 heterocycles. The summed E-state index contributed by atoms with van der Waals surface area (Å²) in [6.07, 6.45) is -0.585. The molecule has 23 heavy (non-hydrogen) atoms. The average molecular weight is 359 g/mol. The van der Waals surface area contributed by atoms with Gasteiger partial charge in [-0.1, -0.05) is 29.3 Å². The number of hydrogen-bond donors (Lipinski definition) is 2. The number of halogens is 4. The van der Waals surface area contributed by atoms with Gasteiger partial charge in [0.1, 0.15) is 18.1 Å². The lowest BCUT2D eigenvalue weighted by Crippen LogP contribution is -2.22. The predicted octanol–water partition coefficient (Wildman–Crippen LogP) is 4.24. The number of para-hydroxylation sites is 1. The van der Waals surface area contributed by atoms with E-state index in [4.69, 9.17) is 23.2 Å². The third-order valence-corrected chi connectivity index (χ3v) is 3.38. The van der Waals surface area contributed by atoms with E-state index in [1.54, 1.807) is 6.07 Å². The van der Waals surface area contributed by atoms with Crippen LogP contribution in [-0.2, 0) is 9.59 Å². The summed E-state index contributed by atoms with van der Waals surface area (Å²) >= 11 is 11.8. The molecule has 0 spiro atoms. The van der Waals surface area contributed by atoms with Crippen LogP contribution in [0, 0.1) is 11.6 Å². The maximum atomic E-state index is 13.4. The highest BCUT2D eigenvalue weighted by Crippen LogP contribution is 2.29. The van der Waals surface area contributed by atoms with Gasteiger partial charge in [0.15, 0.2) is 0 Å². The van der Waals surface area contributed by atoms with Crippen molar-refractivity contribution in [1.82, 2.24) is 0 Å². The van der Waals surface area contributed by atoms with Crippen LogP contribution in [0.25, 0.3) is 0 Å². The van der Waals surface area contributed by atoms with Gasteiger partial charge in [0.25, 0.3) is 0 Å². The van der Waals surface area contributed by atoms with Crippen molar-refractivity contribution >= 4 is 46.4 Å². The lowest BCUT2D eigenvalue weighted by Gasteiger charge is -2.09. The lowest BCUT2D eigenvalue weighted by molar-refractivity contribution is -0.123. The molecule has 2 aromatic rings. The van der Waals surface area contributed by atoms with Gasteiger partial charge in [-0.2, -0.15) is 0 Å². The van der Waals surface area contributed by atoms with E-state index < -0.39 is 29.9 Å². The molecular weight excluding hydrogens is 349 g/mol. The Hall–Kier alpha value is -2.18. The van der Waals surface area contributed by atoms with Crippen LogP contribution in [-0.4, -0.2) is 11.8 Å². The van der Waals surface area contributed by atoms with E-state index in [1.807, 2.05) is 0 Å². The molecule has 0 unspecified atom stereocenters. The summed E-state index contributed by atoms with van der Waals surface area (Å²) in [4.78, 5) is 23.5. The molecule has 0 saturated carbocycles. The fourth-order valence-electron chi connectivity index (χ4n) is 1.73. The molecule has 2 rings (SSSR count). The van der Waals surface area contributed by atoms with Crippen LogP contribution < -0.4 is 10.6 Å². The van der Waals surface area contributed by atoms with Gasteiger partial charge < -0.3 is 10.6 Å². The van der Waals surface area contributed by atoms with E-state index >= 15 is 0 Å². The first kappa shape index (κ1) is 17.2. The van der Waals surface area contributed by atoms with Crippen LogP contribution >= 0.6 is 23.2 Å². The normalized spacial score (nSPS) is 10.3. The largest absolute Gasteiger partial charge is 0.323 e. The Kier molecular flexibility index (Phi) is 5.52. The van der Waals surface area contributed by atoms with Crippen molar-refractivity contribution in [3.63, 3.8) is 0 Å². The molecule has 0 bridgehead atoms. The fourth-order valence-corrected chi connectivity index (χ4v) is 2.22. The Morgan fingerprint density at radius 1 is 0.957 bits per heavy atom. The summed E-state index contributed by atoms with van der Waals surface area (Å²) in [7, 11) is 0. The highest BCUT2D eigenvalue weighted by molar-refractivity contribution is 6.39. The Bertz CT molecular complexity index is 749. The second kappa shape index (κ2) is 7.39. The highest BCUT2D eigenvalue weighted by atomic mass is 35.5. The van der Waals surface area contributed by atoms with Gasteiger partial charge in [-0.15, -0.1) is 0 Å². The zero-order chi connectivity index (χ0) is 17.0. The maximum Gasteiger partial charge on any atom is 0.233 e. The smallest absolute Gasteiger partial charge is 0.233 e. The van der Waals surface area contributed by atoms with Gasteiger partial charge in [0, 0.05) is 6.07 Å².